The number of hydrogen-bond donors (Lipinski definition) is 2. The second-order valence-electron chi connectivity index (χ2n) is 4.89. The van der Waals surface area contributed by atoms with E-state index in [9.17, 15) is 9.59 Å². The Balaban J connectivity index is 2.41. The average Bonchev–Trinajstić information content (AvgIpc) is 2.10. The minimum atomic E-state index is -0.955. The van der Waals surface area contributed by atoms with Crippen LogP contribution in [0.3, 0.4) is 0 Å². The van der Waals surface area contributed by atoms with Crippen LogP contribution in [0.1, 0.15) is 52.4 Å². The topological polar surface area (TPSA) is 66.4 Å². The minimum absolute atomic E-state index is 0.122. The van der Waals surface area contributed by atoms with Crippen LogP contribution in [-0.4, -0.2) is 22.5 Å². The first kappa shape index (κ1) is 13.0. The standard InChI is InChI=1S/C12H21NO3/c1-3-5-9(2)8-10(14)13-12(11(15)16)6-4-7-12/h9H,3-8H2,1-2H3,(H,13,14)(H,15,16). The normalized spacial score (nSPS) is 19.6. The van der Waals surface area contributed by atoms with Crippen LogP contribution in [0, 0.1) is 5.92 Å². The van der Waals surface area contributed by atoms with Crippen molar-refractivity contribution < 1.29 is 14.7 Å². The Morgan fingerprint density at radius 1 is 1.44 bits per heavy atom. The summed E-state index contributed by atoms with van der Waals surface area (Å²) in [5.41, 5.74) is -0.955. The molecule has 0 saturated heterocycles. The Morgan fingerprint density at radius 3 is 2.44 bits per heavy atom. The molecule has 0 heterocycles. The van der Waals surface area contributed by atoms with Crippen molar-refractivity contribution in [3.63, 3.8) is 0 Å². The molecule has 0 aromatic carbocycles. The molecule has 1 aliphatic rings. The highest BCUT2D eigenvalue weighted by Crippen LogP contribution is 2.32. The summed E-state index contributed by atoms with van der Waals surface area (Å²) in [5, 5.41) is 11.7. The molecule has 4 nitrogen and oxygen atoms in total. The van der Waals surface area contributed by atoms with Crippen LogP contribution >= 0.6 is 0 Å². The smallest absolute Gasteiger partial charge is 0.329 e. The van der Waals surface area contributed by atoms with Crippen LogP contribution in [-0.2, 0) is 9.59 Å². The predicted octanol–water partition coefficient (Wildman–Crippen LogP) is 1.94. The number of aliphatic carboxylic acids is 1. The molecule has 1 atom stereocenters. The maximum Gasteiger partial charge on any atom is 0.329 e. The molecule has 0 aromatic rings. The van der Waals surface area contributed by atoms with Gasteiger partial charge in [-0.3, -0.25) is 4.79 Å². The van der Waals surface area contributed by atoms with Gasteiger partial charge in [-0.1, -0.05) is 26.7 Å². The Morgan fingerprint density at radius 2 is 2.06 bits per heavy atom. The first-order valence-corrected chi connectivity index (χ1v) is 6.04. The molecule has 0 radical (unpaired) electrons. The largest absolute Gasteiger partial charge is 0.480 e. The molecule has 4 heteroatoms. The third kappa shape index (κ3) is 2.97. The van der Waals surface area contributed by atoms with E-state index >= 15 is 0 Å². The molecule has 2 N–H and O–H groups in total. The molecule has 1 saturated carbocycles. The maximum absolute atomic E-state index is 11.7. The van der Waals surface area contributed by atoms with Gasteiger partial charge in [-0.05, 0) is 25.2 Å². The molecule has 1 amide bonds. The first-order valence-electron chi connectivity index (χ1n) is 6.04. The zero-order chi connectivity index (χ0) is 12.2. The van der Waals surface area contributed by atoms with E-state index in [0.717, 1.165) is 19.3 Å². The molecule has 1 unspecified atom stereocenters. The van der Waals surface area contributed by atoms with Gasteiger partial charge in [0.1, 0.15) is 5.54 Å². The van der Waals surface area contributed by atoms with Gasteiger partial charge in [-0.15, -0.1) is 0 Å². The number of carboxylic acid groups (broad SMARTS) is 1. The number of rotatable bonds is 6. The summed E-state index contributed by atoms with van der Waals surface area (Å²) < 4.78 is 0. The van der Waals surface area contributed by atoms with E-state index in [1.54, 1.807) is 0 Å². The molecule has 1 aliphatic carbocycles. The number of carboxylic acids is 1. The summed E-state index contributed by atoms with van der Waals surface area (Å²) >= 11 is 0. The number of carbonyl (C=O) groups excluding carboxylic acids is 1. The fraction of sp³-hybridized carbons (Fsp3) is 0.833. The van der Waals surface area contributed by atoms with Crippen molar-refractivity contribution in [2.75, 3.05) is 0 Å². The molecule has 1 fully saturated rings. The van der Waals surface area contributed by atoms with Gasteiger partial charge in [0.15, 0.2) is 0 Å². The van der Waals surface area contributed by atoms with Crippen LogP contribution in [0.15, 0.2) is 0 Å². The monoisotopic (exact) mass is 227 g/mol. The number of hydrogen-bond acceptors (Lipinski definition) is 2. The van der Waals surface area contributed by atoms with E-state index < -0.39 is 11.5 Å². The van der Waals surface area contributed by atoms with Gasteiger partial charge >= 0.3 is 5.97 Å². The summed E-state index contributed by atoms with van der Waals surface area (Å²) in [5.74, 6) is -0.686. The molecule has 0 bridgehead atoms. The van der Waals surface area contributed by atoms with Crippen LogP contribution in [0.2, 0.25) is 0 Å². The lowest BCUT2D eigenvalue weighted by molar-refractivity contribution is -0.151. The molecule has 1 rings (SSSR count). The molecular weight excluding hydrogens is 206 g/mol. The highest BCUT2D eigenvalue weighted by Gasteiger charge is 2.45. The summed E-state index contributed by atoms with van der Waals surface area (Å²) in [6.07, 6.45) is 4.51. The average molecular weight is 227 g/mol. The fourth-order valence-corrected chi connectivity index (χ4v) is 2.15. The second kappa shape index (κ2) is 5.32. The Labute approximate surface area is 96.4 Å². The van der Waals surface area contributed by atoms with E-state index in [1.807, 2.05) is 6.92 Å². The van der Waals surface area contributed by atoms with E-state index in [4.69, 9.17) is 5.11 Å². The second-order valence-corrected chi connectivity index (χ2v) is 4.89. The maximum atomic E-state index is 11.7. The Kier molecular flexibility index (Phi) is 4.33. The number of carbonyl (C=O) groups is 2. The van der Waals surface area contributed by atoms with Crippen molar-refractivity contribution in [2.45, 2.75) is 57.9 Å². The summed E-state index contributed by atoms with van der Waals surface area (Å²) in [4.78, 5) is 22.7. The molecule has 0 aliphatic heterocycles. The van der Waals surface area contributed by atoms with Gasteiger partial charge in [-0.25, -0.2) is 4.79 Å². The fourth-order valence-electron chi connectivity index (χ4n) is 2.15. The zero-order valence-electron chi connectivity index (χ0n) is 10.1. The van der Waals surface area contributed by atoms with Gasteiger partial charge in [0.25, 0.3) is 0 Å². The highest BCUT2D eigenvalue weighted by atomic mass is 16.4. The van der Waals surface area contributed by atoms with Gasteiger partial charge in [0.2, 0.25) is 5.91 Å². The molecule has 92 valence electrons. The molecule has 0 aromatic heterocycles. The van der Waals surface area contributed by atoms with Crippen molar-refractivity contribution in [3.8, 4) is 0 Å². The van der Waals surface area contributed by atoms with Crippen molar-refractivity contribution in [1.82, 2.24) is 5.32 Å². The minimum Gasteiger partial charge on any atom is -0.480 e. The lowest BCUT2D eigenvalue weighted by atomic mass is 9.76. The molecule has 16 heavy (non-hydrogen) atoms. The third-order valence-corrected chi connectivity index (χ3v) is 3.31. The van der Waals surface area contributed by atoms with Gasteiger partial charge in [-0.2, -0.15) is 0 Å². The summed E-state index contributed by atoms with van der Waals surface area (Å²) in [6, 6.07) is 0. The lowest BCUT2D eigenvalue weighted by Gasteiger charge is -2.38. The number of amides is 1. The predicted molar refractivity (Wildman–Crippen MR) is 61.0 cm³/mol. The van der Waals surface area contributed by atoms with Crippen molar-refractivity contribution >= 4 is 11.9 Å². The van der Waals surface area contributed by atoms with Gasteiger partial charge in [0.05, 0.1) is 0 Å². The zero-order valence-corrected chi connectivity index (χ0v) is 10.1. The SMILES string of the molecule is CCCC(C)CC(=O)NC1(C(=O)O)CCC1. The lowest BCUT2D eigenvalue weighted by Crippen LogP contribution is -2.59. The number of nitrogens with one attached hydrogen (secondary N) is 1. The van der Waals surface area contributed by atoms with Crippen molar-refractivity contribution in [1.29, 1.82) is 0 Å². The van der Waals surface area contributed by atoms with Gasteiger partial charge < -0.3 is 10.4 Å². The van der Waals surface area contributed by atoms with Gasteiger partial charge in [0, 0.05) is 6.42 Å². The van der Waals surface area contributed by atoms with E-state index in [0.29, 0.717) is 25.2 Å². The van der Waals surface area contributed by atoms with Crippen LogP contribution < -0.4 is 5.32 Å². The highest BCUT2D eigenvalue weighted by molar-refractivity contribution is 5.87. The third-order valence-electron chi connectivity index (χ3n) is 3.31. The quantitative estimate of drug-likeness (QED) is 0.728. The van der Waals surface area contributed by atoms with Crippen LogP contribution in [0.25, 0.3) is 0 Å². The summed E-state index contributed by atoms with van der Waals surface area (Å²) in [6.45, 7) is 4.11. The van der Waals surface area contributed by atoms with Crippen LogP contribution in [0.5, 0.6) is 0 Å². The van der Waals surface area contributed by atoms with E-state index in [2.05, 4.69) is 12.2 Å². The Hall–Kier alpha value is -1.06. The summed E-state index contributed by atoms with van der Waals surface area (Å²) in [7, 11) is 0. The first-order chi connectivity index (χ1) is 7.50. The molecular formula is C12H21NO3. The van der Waals surface area contributed by atoms with E-state index in [-0.39, 0.29) is 5.91 Å². The van der Waals surface area contributed by atoms with E-state index in [1.165, 1.54) is 0 Å². The molecule has 0 spiro atoms. The van der Waals surface area contributed by atoms with Crippen LogP contribution in [0.4, 0.5) is 0 Å². The van der Waals surface area contributed by atoms with Crippen molar-refractivity contribution in [2.24, 2.45) is 5.92 Å². The van der Waals surface area contributed by atoms with Crippen molar-refractivity contribution in [3.05, 3.63) is 0 Å². The Bertz CT molecular complexity index is 271.